The minimum Gasteiger partial charge on any atom is -0.462 e. The quantitative estimate of drug-likeness (QED) is 0.652. The summed E-state index contributed by atoms with van der Waals surface area (Å²) in [6, 6.07) is 17.3. The molecule has 1 heterocycles. The van der Waals surface area contributed by atoms with Crippen molar-refractivity contribution in [3.05, 3.63) is 99.5 Å². The van der Waals surface area contributed by atoms with Gasteiger partial charge in [0.15, 0.2) is 0 Å². The number of carbonyl (C=O) groups excluding carboxylic acids is 2. The molecule has 0 saturated heterocycles. The Morgan fingerprint density at radius 2 is 1.72 bits per heavy atom. The molecule has 2 aromatic carbocycles. The molecule has 6 heteroatoms. The molecule has 0 fully saturated rings. The predicted molar refractivity (Wildman–Crippen MR) is 111 cm³/mol. The van der Waals surface area contributed by atoms with E-state index in [-0.39, 0.29) is 11.1 Å². The summed E-state index contributed by atoms with van der Waals surface area (Å²) in [7, 11) is 0. The molecule has 0 saturated carbocycles. The van der Waals surface area contributed by atoms with Gasteiger partial charge in [-0.2, -0.15) is 0 Å². The van der Waals surface area contributed by atoms with Crippen LogP contribution < -0.4 is 10.9 Å². The molecule has 1 amide bonds. The van der Waals surface area contributed by atoms with Crippen LogP contribution >= 0.6 is 0 Å². The van der Waals surface area contributed by atoms with E-state index in [0.29, 0.717) is 24.4 Å². The fraction of sp³-hybridized carbons (Fsp3) is 0.174. The van der Waals surface area contributed by atoms with Crippen molar-refractivity contribution in [2.24, 2.45) is 0 Å². The van der Waals surface area contributed by atoms with E-state index in [1.54, 1.807) is 43.5 Å². The lowest BCUT2D eigenvalue weighted by atomic mass is 10.1. The van der Waals surface area contributed by atoms with Crippen molar-refractivity contribution in [1.82, 2.24) is 4.57 Å². The van der Waals surface area contributed by atoms with Gasteiger partial charge in [-0.25, -0.2) is 4.79 Å². The Morgan fingerprint density at radius 3 is 2.41 bits per heavy atom. The van der Waals surface area contributed by atoms with E-state index in [2.05, 4.69) is 5.32 Å². The molecule has 148 valence electrons. The number of amides is 1. The molecule has 1 N–H and O–H groups in total. The molecular formula is C23H22N2O4. The van der Waals surface area contributed by atoms with Crippen LogP contribution in [0.2, 0.25) is 0 Å². The molecular weight excluding hydrogens is 368 g/mol. The number of rotatable bonds is 6. The third-order valence-electron chi connectivity index (χ3n) is 4.52. The molecule has 0 aliphatic rings. The van der Waals surface area contributed by atoms with Crippen LogP contribution in [0.15, 0.2) is 71.7 Å². The molecule has 1 aromatic heterocycles. The van der Waals surface area contributed by atoms with Crippen LogP contribution in [0.3, 0.4) is 0 Å². The smallest absolute Gasteiger partial charge is 0.338 e. The Bertz CT molecular complexity index is 1080. The second kappa shape index (κ2) is 9.01. The van der Waals surface area contributed by atoms with Gasteiger partial charge < -0.3 is 14.6 Å². The zero-order valence-electron chi connectivity index (χ0n) is 16.3. The third kappa shape index (κ3) is 4.79. The third-order valence-corrected chi connectivity index (χ3v) is 4.52. The van der Waals surface area contributed by atoms with Crippen LogP contribution in [-0.4, -0.2) is 23.1 Å². The topological polar surface area (TPSA) is 77.4 Å². The Hall–Kier alpha value is -3.67. The second-order valence-corrected chi connectivity index (χ2v) is 6.53. The molecule has 29 heavy (non-hydrogen) atoms. The number of carbonyl (C=O) groups is 2. The van der Waals surface area contributed by atoms with Gasteiger partial charge in [0.2, 0.25) is 0 Å². The molecule has 3 rings (SSSR count). The highest BCUT2D eigenvalue weighted by Crippen LogP contribution is 2.12. The van der Waals surface area contributed by atoms with Crippen molar-refractivity contribution in [2.75, 3.05) is 11.9 Å². The molecule has 0 atom stereocenters. The lowest BCUT2D eigenvalue weighted by Gasteiger charge is -2.11. The van der Waals surface area contributed by atoms with Gasteiger partial charge in [0, 0.05) is 11.9 Å². The fourth-order valence-electron chi connectivity index (χ4n) is 2.91. The first-order valence-electron chi connectivity index (χ1n) is 9.32. The van der Waals surface area contributed by atoms with Crippen molar-refractivity contribution in [3.8, 4) is 0 Å². The van der Waals surface area contributed by atoms with Gasteiger partial charge in [-0.3, -0.25) is 9.59 Å². The summed E-state index contributed by atoms with van der Waals surface area (Å²) in [6.07, 6.45) is 1.67. The zero-order chi connectivity index (χ0) is 20.8. The van der Waals surface area contributed by atoms with E-state index in [1.165, 1.54) is 10.6 Å². The van der Waals surface area contributed by atoms with E-state index in [1.807, 2.05) is 31.2 Å². The SMILES string of the molecule is CCOC(=O)c1ccc(NC(=O)c2cccn(Cc3ccccc3C)c2=O)cc1. The van der Waals surface area contributed by atoms with Crippen molar-refractivity contribution >= 4 is 17.6 Å². The van der Waals surface area contributed by atoms with Crippen LogP contribution in [-0.2, 0) is 11.3 Å². The zero-order valence-corrected chi connectivity index (χ0v) is 16.3. The molecule has 0 aliphatic carbocycles. The van der Waals surface area contributed by atoms with Gasteiger partial charge in [0.25, 0.3) is 11.5 Å². The Labute approximate surface area is 168 Å². The molecule has 0 spiro atoms. The van der Waals surface area contributed by atoms with Crippen LogP contribution in [0.5, 0.6) is 0 Å². The van der Waals surface area contributed by atoms with Crippen molar-refractivity contribution in [2.45, 2.75) is 20.4 Å². The van der Waals surface area contributed by atoms with Gasteiger partial charge in [0.1, 0.15) is 5.56 Å². The van der Waals surface area contributed by atoms with Crippen LogP contribution in [0.25, 0.3) is 0 Å². The van der Waals surface area contributed by atoms with Crippen molar-refractivity contribution < 1.29 is 14.3 Å². The normalized spacial score (nSPS) is 10.4. The first-order chi connectivity index (χ1) is 14.0. The average Bonchev–Trinajstić information content (AvgIpc) is 2.72. The van der Waals surface area contributed by atoms with Crippen LogP contribution in [0, 0.1) is 6.92 Å². The lowest BCUT2D eigenvalue weighted by Crippen LogP contribution is -2.29. The number of esters is 1. The summed E-state index contributed by atoms with van der Waals surface area (Å²) in [6.45, 7) is 4.40. The number of aromatic nitrogens is 1. The maximum atomic E-state index is 12.8. The van der Waals surface area contributed by atoms with Crippen molar-refractivity contribution in [1.29, 1.82) is 0 Å². The molecule has 0 unspecified atom stereocenters. The van der Waals surface area contributed by atoms with Gasteiger partial charge in [-0.05, 0) is 61.4 Å². The number of aryl methyl sites for hydroxylation is 1. The Kier molecular flexibility index (Phi) is 6.24. The summed E-state index contributed by atoms with van der Waals surface area (Å²) in [5.74, 6) is -0.925. The first kappa shape index (κ1) is 20.1. The van der Waals surface area contributed by atoms with Crippen LogP contribution in [0.1, 0.15) is 38.8 Å². The van der Waals surface area contributed by atoms with Gasteiger partial charge in [-0.15, -0.1) is 0 Å². The number of anilines is 1. The molecule has 6 nitrogen and oxygen atoms in total. The second-order valence-electron chi connectivity index (χ2n) is 6.53. The van der Waals surface area contributed by atoms with Crippen molar-refractivity contribution in [3.63, 3.8) is 0 Å². The highest BCUT2D eigenvalue weighted by atomic mass is 16.5. The summed E-state index contributed by atoms with van der Waals surface area (Å²) in [4.78, 5) is 37.1. The van der Waals surface area contributed by atoms with E-state index >= 15 is 0 Å². The summed E-state index contributed by atoms with van der Waals surface area (Å²) < 4.78 is 6.45. The summed E-state index contributed by atoms with van der Waals surface area (Å²) in [5, 5.41) is 2.70. The van der Waals surface area contributed by atoms with E-state index in [0.717, 1.165) is 11.1 Å². The maximum Gasteiger partial charge on any atom is 0.338 e. The first-order valence-corrected chi connectivity index (χ1v) is 9.32. The average molecular weight is 390 g/mol. The Balaban J connectivity index is 1.77. The maximum absolute atomic E-state index is 12.8. The standard InChI is InChI=1S/C23H22N2O4/c1-3-29-23(28)17-10-12-19(13-11-17)24-21(26)20-9-6-14-25(22(20)27)15-18-8-5-4-7-16(18)2/h4-14H,3,15H2,1-2H3,(H,24,26). The minimum atomic E-state index is -0.502. The highest BCUT2D eigenvalue weighted by molar-refractivity contribution is 6.04. The number of hydrogen-bond donors (Lipinski definition) is 1. The number of nitrogens with one attached hydrogen (secondary N) is 1. The van der Waals surface area contributed by atoms with Gasteiger partial charge in [-0.1, -0.05) is 24.3 Å². The lowest BCUT2D eigenvalue weighted by molar-refractivity contribution is 0.0526. The van der Waals surface area contributed by atoms with E-state index in [4.69, 9.17) is 4.74 Å². The highest BCUT2D eigenvalue weighted by Gasteiger charge is 2.14. The molecule has 0 aliphatic heterocycles. The molecule has 0 bridgehead atoms. The fourth-order valence-corrected chi connectivity index (χ4v) is 2.91. The number of ether oxygens (including phenoxy) is 1. The van der Waals surface area contributed by atoms with E-state index in [9.17, 15) is 14.4 Å². The monoisotopic (exact) mass is 390 g/mol. The number of benzene rings is 2. The predicted octanol–water partition coefficient (Wildman–Crippen LogP) is 3.63. The number of pyridine rings is 1. The summed E-state index contributed by atoms with van der Waals surface area (Å²) in [5.41, 5.74) is 2.66. The van der Waals surface area contributed by atoms with Gasteiger partial charge >= 0.3 is 5.97 Å². The number of nitrogens with zero attached hydrogens (tertiary/aromatic N) is 1. The molecule has 3 aromatic rings. The minimum absolute atomic E-state index is 0.0514. The molecule has 0 radical (unpaired) electrons. The van der Waals surface area contributed by atoms with E-state index < -0.39 is 11.9 Å². The number of hydrogen-bond acceptors (Lipinski definition) is 4. The Morgan fingerprint density at radius 1 is 1.00 bits per heavy atom. The van der Waals surface area contributed by atoms with Crippen LogP contribution in [0.4, 0.5) is 5.69 Å². The summed E-state index contributed by atoms with van der Waals surface area (Å²) >= 11 is 0. The van der Waals surface area contributed by atoms with Gasteiger partial charge in [0.05, 0.1) is 18.7 Å². The largest absolute Gasteiger partial charge is 0.462 e.